The van der Waals surface area contributed by atoms with Crippen LogP contribution in [0.3, 0.4) is 0 Å². The van der Waals surface area contributed by atoms with E-state index in [9.17, 15) is 0 Å². The molecule has 1 heterocycles. The predicted molar refractivity (Wildman–Crippen MR) is 61.3 cm³/mol. The third kappa shape index (κ3) is 3.06. The molecule has 15 heavy (non-hydrogen) atoms. The Morgan fingerprint density at radius 1 is 1.47 bits per heavy atom. The summed E-state index contributed by atoms with van der Waals surface area (Å²) in [4.78, 5) is 5.60. The van der Waals surface area contributed by atoms with E-state index in [-0.39, 0.29) is 6.04 Å². The Morgan fingerprint density at radius 3 is 2.80 bits per heavy atom. The van der Waals surface area contributed by atoms with Crippen LogP contribution >= 0.6 is 15.9 Å². The van der Waals surface area contributed by atoms with Gasteiger partial charge in [-0.25, -0.2) is 0 Å². The Morgan fingerprint density at radius 2 is 2.20 bits per heavy atom. The number of furan rings is 1. The van der Waals surface area contributed by atoms with Gasteiger partial charge in [0.25, 0.3) is 0 Å². The average molecular weight is 274 g/mol. The molecular formula is C11H16BrNO2. The van der Waals surface area contributed by atoms with Crippen LogP contribution in [-0.4, -0.2) is 6.10 Å². The molecule has 0 saturated heterocycles. The molecule has 0 amide bonds. The molecule has 4 heteroatoms. The van der Waals surface area contributed by atoms with Crippen LogP contribution in [0.4, 0.5) is 0 Å². The van der Waals surface area contributed by atoms with Crippen LogP contribution in [0.1, 0.15) is 44.4 Å². The third-order valence-corrected chi connectivity index (χ3v) is 3.16. The smallest absolute Gasteiger partial charge is 0.169 e. The molecule has 1 aromatic heterocycles. The molecular weight excluding hydrogens is 258 g/mol. The average Bonchev–Trinajstić information content (AvgIpc) is 2.84. The van der Waals surface area contributed by atoms with Crippen LogP contribution < -0.4 is 5.48 Å². The summed E-state index contributed by atoms with van der Waals surface area (Å²) < 4.78 is 6.19. The summed E-state index contributed by atoms with van der Waals surface area (Å²) >= 11 is 3.28. The maximum absolute atomic E-state index is 5.60. The van der Waals surface area contributed by atoms with Gasteiger partial charge in [0.2, 0.25) is 0 Å². The van der Waals surface area contributed by atoms with Crippen LogP contribution in [0.5, 0.6) is 0 Å². The van der Waals surface area contributed by atoms with Gasteiger partial charge in [0.15, 0.2) is 4.67 Å². The van der Waals surface area contributed by atoms with Gasteiger partial charge < -0.3 is 4.42 Å². The van der Waals surface area contributed by atoms with Gasteiger partial charge in [0, 0.05) is 0 Å². The number of hydrogen-bond donors (Lipinski definition) is 1. The molecule has 1 saturated carbocycles. The molecule has 0 bridgehead atoms. The second-order valence-electron chi connectivity index (χ2n) is 4.01. The van der Waals surface area contributed by atoms with E-state index in [2.05, 4.69) is 21.4 Å². The second-order valence-corrected chi connectivity index (χ2v) is 4.79. The number of hydroxylamine groups is 1. The first-order valence-corrected chi connectivity index (χ1v) is 6.21. The van der Waals surface area contributed by atoms with Crippen molar-refractivity contribution in [3.63, 3.8) is 0 Å². The largest absolute Gasteiger partial charge is 0.453 e. The molecule has 0 spiro atoms. The summed E-state index contributed by atoms with van der Waals surface area (Å²) in [6, 6.07) is 3.93. The standard InChI is InChI=1S/C11H16BrNO2/c1-8(10-6-7-11(12)14-10)13-15-9-4-2-3-5-9/h6-9,13H,2-5H2,1H3. The van der Waals surface area contributed by atoms with Crippen molar-refractivity contribution in [1.82, 2.24) is 5.48 Å². The van der Waals surface area contributed by atoms with Gasteiger partial charge in [0.05, 0.1) is 12.1 Å². The molecule has 3 nitrogen and oxygen atoms in total. The Bertz CT molecular complexity index is 307. The van der Waals surface area contributed by atoms with Crippen LogP contribution in [0, 0.1) is 0 Å². The van der Waals surface area contributed by atoms with Gasteiger partial charge in [-0.15, -0.1) is 0 Å². The Labute approximate surface area is 98.3 Å². The first-order chi connectivity index (χ1) is 7.25. The number of rotatable bonds is 4. The highest BCUT2D eigenvalue weighted by Crippen LogP contribution is 2.23. The van der Waals surface area contributed by atoms with Crippen molar-refractivity contribution in [3.05, 3.63) is 22.6 Å². The minimum absolute atomic E-state index is 0.0944. The van der Waals surface area contributed by atoms with Crippen molar-refractivity contribution < 1.29 is 9.25 Å². The molecule has 1 unspecified atom stereocenters. The van der Waals surface area contributed by atoms with E-state index in [0.717, 1.165) is 10.4 Å². The highest BCUT2D eigenvalue weighted by Gasteiger charge is 2.17. The highest BCUT2D eigenvalue weighted by atomic mass is 79.9. The fraction of sp³-hybridized carbons (Fsp3) is 0.636. The van der Waals surface area contributed by atoms with E-state index in [1.54, 1.807) is 0 Å². The highest BCUT2D eigenvalue weighted by molar-refractivity contribution is 9.10. The normalized spacial score (nSPS) is 19.6. The molecule has 0 aliphatic heterocycles. The van der Waals surface area contributed by atoms with E-state index in [1.807, 2.05) is 19.1 Å². The molecule has 1 aliphatic carbocycles. The van der Waals surface area contributed by atoms with Gasteiger partial charge in [0.1, 0.15) is 5.76 Å². The fourth-order valence-corrected chi connectivity index (χ4v) is 2.14. The quantitative estimate of drug-likeness (QED) is 0.852. The van der Waals surface area contributed by atoms with Gasteiger partial charge in [-0.1, -0.05) is 12.8 Å². The third-order valence-electron chi connectivity index (χ3n) is 2.73. The zero-order valence-corrected chi connectivity index (χ0v) is 10.4. The summed E-state index contributed by atoms with van der Waals surface area (Å²) in [6.45, 7) is 2.03. The van der Waals surface area contributed by atoms with Crippen molar-refractivity contribution in [1.29, 1.82) is 0 Å². The molecule has 0 radical (unpaired) electrons. The zero-order valence-electron chi connectivity index (χ0n) is 8.83. The van der Waals surface area contributed by atoms with Crippen LogP contribution in [0.15, 0.2) is 21.2 Å². The van der Waals surface area contributed by atoms with Crippen molar-refractivity contribution in [3.8, 4) is 0 Å². The monoisotopic (exact) mass is 273 g/mol. The lowest BCUT2D eigenvalue weighted by molar-refractivity contribution is -0.0409. The summed E-state index contributed by atoms with van der Waals surface area (Å²) in [5.74, 6) is 0.889. The molecule has 1 fully saturated rings. The first-order valence-electron chi connectivity index (χ1n) is 5.42. The zero-order chi connectivity index (χ0) is 10.7. The molecule has 84 valence electrons. The number of halogens is 1. The molecule has 1 atom stereocenters. The minimum atomic E-state index is 0.0944. The van der Waals surface area contributed by atoms with Gasteiger partial charge in [-0.3, -0.25) is 4.84 Å². The van der Waals surface area contributed by atoms with E-state index in [4.69, 9.17) is 9.25 Å². The summed E-state index contributed by atoms with van der Waals surface area (Å²) in [5.41, 5.74) is 3.04. The molecule has 1 aromatic rings. The van der Waals surface area contributed by atoms with Gasteiger partial charge in [-0.05, 0) is 47.8 Å². The Hall–Kier alpha value is -0.320. The lowest BCUT2D eigenvalue weighted by Gasteiger charge is -2.15. The molecule has 2 rings (SSSR count). The van der Waals surface area contributed by atoms with Crippen LogP contribution in [-0.2, 0) is 4.84 Å². The van der Waals surface area contributed by atoms with Crippen molar-refractivity contribution in [2.75, 3.05) is 0 Å². The van der Waals surface area contributed by atoms with Crippen LogP contribution in [0.2, 0.25) is 0 Å². The van der Waals surface area contributed by atoms with Crippen molar-refractivity contribution in [2.24, 2.45) is 0 Å². The molecule has 1 N–H and O–H groups in total. The van der Waals surface area contributed by atoms with E-state index in [0.29, 0.717) is 6.10 Å². The maximum Gasteiger partial charge on any atom is 0.169 e. The Kier molecular flexibility index (Phi) is 3.83. The van der Waals surface area contributed by atoms with Crippen molar-refractivity contribution >= 4 is 15.9 Å². The number of hydrogen-bond acceptors (Lipinski definition) is 3. The lowest BCUT2D eigenvalue weighted by atomic mass is 10.3. The van der Waals surface area contributed by atoms with E-state index < -0.39 is 0 Å². The minimum Gasteiger partial charge on any atom is -0.453 e. The topological polar surface area (TPSA) is 34.4 Å². The first kappa shape index (κ1) is 11.2. The summed E-state index contributed by atoms with van der Waals surface area (Å²) in [7, 11) is 0. The SMILES string of the molecule is CC(NOC1CCCC1)c1ccc(Br)o1. The van der Waals surface area contributed by atoms with Crippen LogP contribution in [0.25, 0.3) is 0 Å². The van der Waals surface area contributed by atoms with E-state index >= 15 is 0 Å². The van der Waals surface area contributed by atoms with Crippen molar-refractivity contribution in [2.45, 2.75) is 44.8 Å². The number of nitrogens with one attached hydrogen (secondary N) is 1. The summed E-state index contributed by atoms with van der Waals surface area (Å²) in [6.07, 6.45) is 5.29. The van der Waals surface area contributed by atoms with E-state index in [1.165, 1.54) is 25.7 Å². The molecule has 1 aliphatic rings. The van der Waals surface area contributed by atoms with Gasteiger partial charge >= 0.3 is 0 Å². The maximum atomic E-state index is 5.60. The van der Waals surface area contributed by atoms with Gasteiger partial charge in [-0.2, -0.15) is 5.48 Å². The Balaban J connectivity index is 1.79. The fourth-order valence-electron chi connectivity index (χ4n) is 1.82. The summed E-state index contributed by atoms with van der Waals surface area (Å²) in [5, 5.41) is 0. The molecule has 0 aromatic carbocycles. The predicted octanol–water partition coefficient (Wildman–Crippen LogP) is 3.57. The lowest BCUT2D eigenvalue weighted by Crippen LogP contribution is -2.24. The second kappa shape index (κ2) is 5.14.